The first-order chi connectivity index (χ1) is 11.8. The Kier molecular flexibility index (Phi) is 4.54. The molecule has 2 aromatic heterocycles. The highest BCUT2D eigenvalue weighted by Crippen LogP contribution is 2.28. The smallest absolute Gasteiger partial charge is 0.433 e. The third kappa shape index (κ3) is 3.53. The zero-order valence-corrected chi connectivity index (χ0v) is 13.8. The molecule has 0 atom stereocenters. The molecule has 0 saturated heterocycles. The van der Waals surface area contributed by atoms with Gasteiger partial charge in [0, 0.05) is 12.3 Å². The van der Waals surface area contributed by atoms with Gasteiger partial charge in [-0.1, -0.05) is 0 Å². The van der Waals surface area contributed by atoms with Crippen molar-refractivity contribution in [1.29, 1.82) is 0 Å². The molecule has 10 heteroatoms. The van der Waals surface area contributed by atoms with Crippen molar-refractivity contribution in [2.45, 2.75) is 26.8 Å². The Morgan fingerprint density at radius 2 is 2.04 bits per heavy atom. The fourth-order valence-electron chi connectivity index (χ4n) is 2.16. The van der Waals surface area contributed by atoms with Gasteiger partial charge in [-0.05, 0) is 32.8 Å². The van der Waals surface area contributed by atoms with Crippen LogP contribution < -0.4 is 9.47 Å². The van der Waals surface area contributed by atoms with Crippen LogP contribution in [0.4, 0.5) is 8.78 Å². The van der Waals surface area contributed by atoms with Gasteiger partial charge in [-0.3, -0.25) is 4.59 Å². The molecular weight excluding hydrogens is 333 g/mol. The summed E-state index contributed by atoms with van der Waals surface area (Å²) in [6.45, 7) is 5.18. The molecule has 1 N–H and O–H groups in total. The minimum Gasteiger partial charge on any atom is -0.473 e. The van der Waals surface area contributed by atoms with Crippen molar-refractivity contribution in [3.8, 4) is 17.6 Å². The molecule has 1 aromatic carbocycles. The summed E-state index contributed by atoms with van der Waals surface area (Å²) in [6.07, 6.45) is 1.27. The molecule has 0 aliphatic heterocycles. The zero-order chi connectivity index (χ0) is 18.1. The summed E-state index contributed by atoms with van der Waals surface area (Å²) in [6, 6.07) is 2.72. The van der Waals surface area contributed by atoms with Gasteiger partial charge < -0.3 is 14.5 Å². The number of rotatable bonds is 5. The predicted molar refractivity (Wildman–Crippen MR) is 86.8 cm³/mol. The van der Waals surface area contributed by atoms with Crippen LogP contribution in [0.2, 0.25) is 6.82 Å². The van der Waals surface area contributed by atoms with E-state index in [4.69, 9.17) is 9.47 Å². The Labute approximate surface area is 142 Å². The molecular formula is C15H15BF2N4O3. The minimum absolute atomic E-state index is 0.134. The molecule has 0 radical (unpaired) electrons. The van der Waals surface area contributed by atoms with Gasteiger partial charge in [0.25, 0.3) is 0 Å². The lowest BCUT2D eigenvalue weighted by Crippen LogP contribution is -2.21. The maximum atomic E-state index is 13.7. The number of hydrogen-bond donors (Lipinski definition) is 1. The quantitative estimate of drug-likeness (QED) is 0.714. The molecule has 0 aliphatic carbocycles. The van der Waals surface area contributed by atoms with Gasteiger partial charge in [0.2, 0.25) is 5.88 Å². The molecule has 0 unspecified atom stereocenters. The number of aromatic nitrogens is 4. The van der Waals surface area contributed by atoms with Crippen LogP contribution in [-0.4, -0.2) is 37.8 Å². The number of benzene rings is 1. The summed E-state index contributed by atoms with van der Waals surface area (Å²) in [5.41, 5.74) is 0.262. The number of halogens is 2. The second-order valence-corrected chi connectivity index (χ2v) is 5.61. The summed E-state index contributed by atoms with van der Waals surface area (Å²) in [5.74, 6) is -1.55. The number of nitrogens with zero attached hydrogens (tertiary/aromatic N) is 4. The fourth-order valence-corrected chi connectivity index (χ4v) is 2.16. The Morgan fingerprint density at radius 1 is 1.28 bits per heavy atom. The van der Waals surface area contributed by atoms with E-state index in [2.05, 4.69) is 15.1 Å². The maximum absolute atomic E-state index is 13.7. The molecule has 0 saturated carbocycles. The summed E-state index contributed by atoms with van der Waals surface area (Å²) in [5, 5.41) is 14.5. The van der Waals surface area contributed by atoms with Crippen LogP contribution in [0.15, 0.2) is 24.4 Å². The normalized spacial score (nSPS) is 11.2. The van der Waals surface area contributed by atoms with Gasteiger partial charge >= 0.3 is 13.1 Å². The number of ether oxygens (including phenoxy) is 2. The molecule has 25 heavy (non-hydrogen) atoms. The highest BCUT2D eigenvalue weighted by Gasteiger charge is 2.21. The van der Waals surface area contributed by atoms with Gasteiger partial charge in [-0.25, -0.2) is 13.8 Å². The van der Waals surface area contributed by atoms with Gasteiger partial charge in [0.1, 0.15) is 11.2 Å². The second kappa shape index (κ2) is 6.63. The molecule has 0 fully saturated rings. The van der Waals surface area contributed by atoms with E-state index >= 15 is 0 Å². The molecule has 3 aromatic rings. The average Bonchev–Trinajstić information content (AvgIpc) is 2.88. The first-order valence-corrected chi connectivity index (χ1v) is 7.58. The van der Waals surface area contributed by atoms with Crippen LogP contribution in [0.3, 0.4) is 0 Å². The Balaban J connectivity index is 2.02. The van der Waals surface area contributed by atoms with Gasteiger partial charge in [-0.15, -0.1) is 5.10 Å². The Hall–Kier alpha value is -2.75. The van der Waals surface area contributed by atoms with Crippen LogP contribution >= 0.6 is 0 Å². The van der Waals surface area contributed by atoms with E-state index in [1.165, 1.54) is 17.6 Å². The van der Waals surface area contributed by atoms with E-state index in [9.17, 15) is 13.8 Å². The van der Waals surface area contributed by atoms with E-state index in [1.54, 1.807) is 0 Å². The lowest BCUT2D eigenvalue weighted by atomic mass is 9.89. The van der Waals surface area contributed by atoms with Crippen molar-refractivity contribution < 1.29 is 23.3 Å². The maximum Gasteiger partial charge on any atom is 0.433 e. The molecule has 3 rings (SSSR count). The lowest BCUT2D eigenvalue weighted by Gasteiger charge is -2.06. The van der Waals surface area contributed by atoms with Gasteiger partial charge in [0.15, 0.2) is 17.2 Å². The topological polar surface area (TPSA) is 82.3 Å². The van der Waals surface area contributed by atoms with Crippen molar-refractivity contribution in [3.63, 3.8) is 0 Å². The van der Waals surface area contributed by atoms with Crippen molar-refractivity contribution in [3.05, 3.63) is 36.0 Å². The average molecular weight is 348 g/mol. The molecule has 0 aliphatic rings. The second-order valence-electron chi connectivity index (χ2n) is 5.61. The molecule has 0 amide bonds. The van der Waals surface area contributed by atoms with Crippen LogP contribution in [0, 0.1) is 11.6 Å². The SMILES string of the molecule is CB(O)n1nc(OC(C)C)c2cnc(Oc3ccc(F)cc3F)nc21. The van der Waals surface area contributed by atoms with Crippen molar-refractivity contribution in [1.82, 2.24) is 19.7 Å². The van der Waals surface area contributed by atoms with Gasteiger partial charge in [0.05, 0.1) is 6.10 Å². The lowest BCUT2D eigenvalue weighted by molar-refractivity contribution is 0.234. The van der Waals surface area contributed by atoms with Gasteiger partial charge in [-0.2, -0.15) is 4.98 Å². The van der Waals surface area contributed by atoms with Crippen molar-refractivity contribution in [2.75, 3.05) is 0 Å². The number of fused-ring (bicyclic) bond motifs is 1. The van der Waals surface area contributed by atoms with E-state index in [1.807, 2.05) is 13.8 Å². The zero-order valence-electron chi connectivity index (χ0n) is 13.8. The highest BCUT2D eigenvalue weighted by atomic mass is 19.1. The first-order valence-electron chi connectivity index (χ1n) is 7.58. The van der Waals surface area contributed by atoms with Crippen LogP contribution in [0.1, 0.15) is 13.8 Å². The third-order valence-corrected chi connectivity index (χ3v) is 3.19. The number of hydrogen-bond acceptors (Lipinski definition) is 6. The summed E-state index contributed by atoms with van der Waals surface area (Å²) in [7, 11) is -0.975. The molecule has 130 valence electrons. The Bertz CT molecular complexity index is 917. The Morgan fingerprint density at radius 3 is 2.68 bits per heavy atom. The largest absolute Gasteiger partial charge is 0.473 e. The third-order valence-electron chi connectivity index (χ3n) is 3.19. The summed E-state index contributed by atoms with van der Waals surface area (Å²) >= 11 is 0. The molecule has 0 bridgehead atoms. The predicted octanol–water partition coefficient (Wildman–Crippen LogP) is 2.64. The van der Waals surface area contributed by atoms with Crippen LogP contribution in [0.5, 0.6) is 17.6 Å². The fraction of sp³-hybridized carbons (Fsp3) is 0.267. The van der Waals surface area contributed by atoms with E-state index in [0.29, 0.717) is 11.5 Å². The van der Waals surface area contributed by atoms with Crippen LogP contribution in [-0.2, 0) is 0 Å². The molecule has 7 nitrogen and oxygen atoms in total. The minimum atomic E-state index is -0.975. The van der Waals surface area contributed by atoms with Crippen molar-refractivity contribution >= 4 is 18.1 Å². The first kappa shape index (κ1) is 17.1. The van der Waals surface area contributed by atoms with E-state index in [0.717, 1.165) is 12.1 Å². The monoisotopic (exact) mass is 348 g/mol. The summed E-state index contributed by atoms with van der Waals surface area (Å²) in [4.78, 5) is 8.15. The van der Waals surface area contributed by atoms with E-state index < -0.39 is 18.7 Å². The van der Waals surface area contributed by atoms with Crippen molar-refractivity contribution in [2.24, 2.45) is 0 Å². The molecule has 2 heterocycles. The molecule has 0 spiro atoms. The summed E-state index contributed by atoms with van der Waals surface area (Å²) < 4.78 is 38.8. The highest BCUT2D eigenvalue weighted by molar-refractivity contribution is 6.47. The standard InChI is InChI=1S/C15H15BF2N4O3/c1-8(2)24-14-10-7-19-15(20-13(10)22(21-14)16(3)23)25-12-5-4-9(17)6-11(12)18/h4-8,23H,1-3H3. The van der Waals surface area contributed by atoms with Crippen LogP contribution in [0.25, 0.3) is 11.0 Å². The van der Waals surface area contributed by atoms with E-state index in [-0.39, 0.29) is 29.4 Å².